The van der Waals surface area contributed by atoms with Crippen LogP contribution in [0.25, 0.3) is 0 Å². The van der Waals surface area contributed by atoms with E-state index in [1.807, 2.05) is 30.3 Å². The van der Waals surface area contributed by atoms with E-state index in [1.165, 1.54) is 6.92 Å². The molecule has 0 unspecified atom stereocenters. The Morgan fingerprint density at radius 3 is 2.78 bits per heavy atom. The Hall–Kier alpha value is -2.57. The third-order valence-electron chi connectivity index (χ3n) is 2.63. The molecule has 0 aliphatic carbocycles. The molecule has 0 amide bonds. The zero-order valence-corrected chi connectivity index (χ0v) is 9.69. The number of ketones is 1. The summed E-state index contributed by atoms with van der Waals surface area (Å²) >= 11 is 0. The minimum Gasteiger partial charge on any atom is -0.293 e. The lowest BCUT2D eigenvalue weighted by Crippen LogP contribution is -2.30. The number of Topliss-reactive ketones (excluding diaryl/α,β-unsaturated/α-hetero) is 1. The lowest BCUT2D eigenvalue weighted by atomic mass is 10.2. The highest BCUT2D eigenvalue weighted by Crippen LogP contribution is 2.25. The summed E-state index contributed by atoms with van der Waals surface area (Å²) in [4.78, 5) is 11.5. The van der Waals surface area contributed by atoms with Gasteiger partial charge in [-0.2, -0.15) is 10.1 Å². The number of nitrogens with zero attached hydrogens (tertiary/aromatic N) is 6. The molecule has 7 heteroatoms. The first-order valence-corrected chi connectivity index (χ1v) is 5.45. The van der Waals surface area contributed by atoms with Gasteiger partial charge in [0.2, 0.25) is 0 Å². The van der Waals surface area contributed by atoms with Crippen molar-refractivity contribution in [1.82, 2.24) is 20.2 Å². The average Bonchev–Trinajstić information content (AvgIpc) is 2.86. The fourth-order valence-electron chi connectivity index (χ4n) is 1.72. The second-order valence-corrected chi connectivity index (χ2v) is 3.89. The van der Waals surface area contributed by atoms with Gasteiger partial charge in [0, 0.05) is 6.92 Å². The van der Waals surface area contributed by atoms with Crippen LogP contribution in [0.2, 0.25) is 0 Å². The van der Waals surface area contributed by atoms with E-state index in [1.54, 1.807) is 9.69 Å². The Kier molecular flexibility index (Phi) is 2.36. The summed E-state index contributed by atoms with van der Waals surface area (Å²) in [5.74, 6) is 0.420. The molecule has 2 heterocycles. The number of hydrogen-bond donors (Lipinski definition) is 0. The summed E-state index contributed by atoms with van der Waals surface area (Å²) in [7, 11) is 0. The molecule has 0 saturated heterocycles. The smallest absolute Gasteiger partial charge is 0.271 e. The van der Waals surface area contributed by atoms with Crippen molar-refractivity contribution in [2.75, 3.05) is 5.01 Å². The first kappa shape index (κ1) is 10.6. The molecule has 18 heavy (non-hydrogen) atoms. The molecule has 1 aromatic carbocycles. The standard InChI is InChI=1S/C11H10N6O/c1-8(18)10-7-16-11(12-14-15-16)17(13-10)9-5-3-2-4-6-9/h2-6H,7H2,1H3. The van der Waals surface area contributed by atoms with Gasteiger partial charge >= 0.3 is 0 Å². The summed E-state index contributed by atoms with van der Waals surface area (Å²) in [6.07, 6.45) is 0. The molecule has 2 aromatic rings. The second kappa shape index (κ2) is 4.02. The summed E-state index contributed by atoms with van der Waals surface area (Å²) < 4.78 is 1.55. The molecule has 90 valence electrons. The Labute approximate surface area is 103 Å². The van der Waals surface area contributed by atoms with Crippen LogP contribution in [0.4, 0.5) is 11.6 Å². The Balaban J connectivity index is 2.10. The maximum absolute atomic E-state index is 11.5. The molecule has 0 atom stereocenters. The van der Waals surface area contributed by atoms with Crippen LogP contribution in [0.15, 0.2) is 35.4 Å². The van der Waals surface area contributed by atoms with E-state index in [9.17, 15) is 4.79 Å². The summed E-state index contributed by atoms with van der Waals surface area (Å²) in [6, 6.07) is 9.45. The molecule has 1 aliphatic heterocycles. The van der Waals surface area contributed by atoms with Crippen LogP contribution < -0.4 is 5.01 Å². The maximum Gasteiger partial charge on any atom is 0.271 e. The SMILES string of the molecule is CC(=O)C1=NN(c2ccccc2)c2nnnn2C1. The van der Waals surface area contributed by atoms with Crippen LogP contribution in [-0.4, -0.2) is 31.7 Å². The maximum atomic E-state index is 11.5. The summed E-state index contributed by atoms with van der Waals surface area (Å²) in [6.45, 7) is 1.79. The molecular formula is C11H10N6O. The first-order valence-electron chi connectivity index (χ1n) is 5.45. The molecule has 0 saturated carbocycles. The minimum atomic E-state index is -0.0860. The molecule has 7 nitrogen and oxygen atoms in total. The molecule has 0 fully saturated rings. The molecule has 0 spiro atoms. The normalized spacial score (nSPS) is 14.1. The van der Waals surface area contributed by atoms with Gasteiger partial charge in [-0.1, -0.05) is 23.3 Å². The van der Waals surface area contributed by atoms with E-state index in [0.717, 1.165) is 5.69 Å². The third-order valence-corrected chi connectivity index (χ3v) is 2.63. The van der Waals surface area contributed by atoms with E-state index >= 15 is 0 Å². The minimum absolute atomic E-state index is 0.0860. The van der Waals surface area contributed by atoms with Crippen LogP contribution in [0.1, 0.15) is 6.92 Å². The van der Waals surface area contributed by atoms with Gasteiger partial charge in [-0.3, -0.25) is 4.79 Å². The highest BCUT2D eigenvalue weighted by molar-refractivity contribution is 6.39. The number of carbonyl (C=O) groups excluding carboxylic acids is 1. The topological polar surface area (TPSA) is 76.3 Å². The van der Waals surface area contributed by atoms with Crippen LogP contribution in [0.3, 0.4) is 0 Å². The van der Waals surface area contributed by atoms with E-state index in [2.05, 4.69) is 20.6 Å². The zero-order chi connectivity index (χ0) is 12.5. The van der Waals surface area contributed by atoms with Crippen LogP contribution in [-0.2, 0) is 11.3 Å². The van der Waals surface area contributed by atoms with Crippen molar-refractivity contribution in [3.8, 4) is 0 Å². The lowest BCUT2D eigenvalue weighted by molar-refractivity contribution is -0.111. The van der Waals surface area contributed by atoms with E-state index < -0.39 is 0 Å². The number of carbonyl (C=O) groups is 1. The third kappa shape index (κ3) is 1.65. The van der Waals surface area contributed by atoms with Gasteiger partial charge in [0.05, 0.1) is 12.2 Å². The van der Waals surface area contributed by atoms with E-state index in [4.69, 9.17) is 0 Å². The van der Waals surface area contributed by atoms with E-state index in [0.29, 0.717) is 18.2 Å². The van der Waals surface area contributed by atoms with Gasteiger partial charge in [0.25, 0.3) is 5.95 Å². The number of para-hydroxylation sites is 1. The monoisotopic (exact) mass is 242 g/mol. The summed E-state index contributed by atoms with van der Waals surface area (Å²) in [5, 5.41) is 17.2. The number of rotatable bonds is 2. The predicted molar refractivity (Wildman–Crippen MR) is 64.5 cm³/mol. The highest BCUT2D eigenvalue weighted by Gasteiger charge is 2.25. The van der Waals surface area contributed by atoms with Crippen LogP contribution >= 0.6 is 0 Å². The van der Waals surface area contributed by atoms with Crippen molar-refractivity contribution in [1.29, 1.82) is 0 Å². The fraction of sp³-hybridized carbons (Fsp3) is 0.182. The van der Waals surface area contributed by atoms with Crippen LogP contribution in [0, 0.1) is 0 Å². The van der Waals surface area contributed by atoms with Crippen molar-refractivity contribution in [3.63, 3.8) is 0 Å². The Morgan fingerprint density at radius 1 is 1.28 bits per heavy atom. The summed E-state index contributed by atoms with van der Waals surface area (Å²) in [5.41, 5.74) is 1.24. The van der Waals surface area contributed by atoms with Crippen molar-refractivity contribution < 1.29 is 4.79 Å². The van der Waals surface area contributed by atoms with Crippen molar-refractivity contribution in [3.05, 3.63) is 30.3 Å². The predicted octanol–water partition coefficient (Wildman–Crippen LogP) is 0.770. The van der Waals surface area contributed by atoms with Crippen molar-refractivity contribution in [2.45, 2.75) is 13.5 Å². The number of tetrazole rings is 1. The molecule has 0 N–H and O–H groups in total. The number of anilines is 2. The molecule has 1 aromatic heterocycles. The fourth-order valence-corrected chi connectivity index (χ4v) is 1.72. The zero-order valence-electron chi connectivity index (χ0n) is 9.69. The molecule has 0 radical (unpaired) electrons. The van der Waals surface area contributed by atoms with Gasteiger partial charge in [-0.05, 0) is 22.6 Å². The first-order chi connectivity index (χ1) is 8.75. The number of benzene rings is 1. The Morgan fingerprint density at radius 2 is 2.06 bits per heavy atom. The van der Waals surface area contributed by atoms with Gasteiger partial charge in [0.1, 0.15) is 5.71 Å². The second-order valence-electron chi connectivity index (χ2n) is 3.89. The number of hydrogen-bond acceptors (Lipinski definition) is 6. The largest absolute Gasteiger partial charge is 0.293 e. The molecule has 0 bridgehead atoms. The average molecular weight is 242 g/mol. The molecule has 3 rings (SSSR count). The molecule has 1 aliphatic rings. The van der Waals surface area contributed by atoms with E-state index in [-0.39, 0.29) is 5.78 Å². The number of fused-ring (bicyclic) bond motifs is 1. The lowest BCUT2D eigenvalue weighted by Gasteiger charge is -2.22. The van der Waals surface area contributed by atoms with Crippen LogP contribution in [0.5, 0.6) is 0 Å². The van der Waals surface area contributed by atoms with Gasteiger partial charge in [0.15, 0.2) is 5.78 Å². The van der Waals surface area contributed by atoms with Gasteiger partial charge < -0.3 is 0 Å². The highest BCUT2D eigenvalue weighted by atomic mass is 16.1. The quantitative estimate of drug-likeness (QED) is 0.777. The Bertz CT molecular complexity index is 617. The van der Waals surface area contributed by atoms with Gasteiger partial charge in [-0.25, -0.2) is 4.68 Å². The van der Waals surface area contributed by atoms with Crippen molar-refractivity contribution in [2.24, 2.45) is 5.10 Å². The number of hydrazone groups is 1. The van der Waals surface area contributed by atoms with Crippen molar-refractivity contribution >= 4 is 23.1 Å². The molecular weight excluding hydrogens is 232 g/mol. The number of aromatic nitrogens is 4. The van der Waals surface area contributed by atoms with Gasteiger partial charge in [-0.15, -0.1) is 0 Å².